The highest BCUT2D eigenvalue weighted by atomic mass is 15.2. The van der Waals surface area contributed by atoms with E-state index in [1.165, 1.54) is 137 Å². The van der Waals surface area contributed by atoms with Crippen LogP contribution in [0.3, 0.4) is 0 Å². The summed E-state index contributed by atoms with van der Waals surface area (Å²) in [5.41, 5.74) is 19.9. The molecule has 3 nitrogen and oxygen atoms in total. The molecule has 9 aromatic rings. The number of aryl methyl sites for hydroxylation is 2. The molecule has 0 spiro atoms. The molecule has 54 heavy (non-hydrogen) atoms. The molecule has 2 aromatic heterocycles. The Balaban J connectivity index is 1.25. The van der Waals surface area contributed by atoms with E-state index in [4.69, 9.17) is 0 Å². The molecular formula is C50H40BN3. The average Bonchev–Trinajstić information content (AvgIpc) is 3.74. The molecule has 1 aliphatic carbocycles. The molecule has 2 aliphatic heterocycles. The Morgan fingerprint density at radius 3 is 2.04 bits per heavy atom. The highest BCUT2D eigenvalue weighted by Gasteiger charge is 2.43. The molecule has 12 rings (SSSR count). The van der Waals surface area contributed by atoms with Crippen LogP contribution >= 0.6 is 0 Å². The quantitative estimate of drug-likeness (QED) is 0.168. The highest BCUT2D eigenvalue weighted by Crippen LogP contribution is 2.47. The van der Waals surface area contributed by atoms with Gasteiger partial charge in [0.2, 0.25) is 0 Å². The van der Waals surface area contributed by atoms with Crippen LogP contribution in [0.2, 0.25) is 0 Å². The minimum atomic E-state index is 0.133. The molecule has 7 aromatic carbocycles. The van der Waals surface area contributed by atoms with Crippen molar-refractivity contribution in [2.75, 3.05) is 4.90 Å². The van der Waals surface area contributed by atoms with Gasteiger partial charge in [0, 0.05) is 55.5 Å². The number of anilines is 3. The van der Waals surface area contributed by atoms with E-state index in [0.29, 0.717) is 5.92 Å². The van der Waals surface area contributed by atoms with Gasteiger partial charge in [-0.25, -0.2) is 0 Å². The van der Waals surface area contributed by atoms with Crippen molar-refractivity contribution < 1.29 is 0 Å². The summed E-state index contributed by atoms with van der Waals surface area (Å²) >= 11 is 0. The first kappa shape index (κ1) is 30.5. The second-order valence-corrected chi connectivity index (χ2v) is 16.1. The second kappa shape index (κ2) is 11.3. The van der Waals surface area contributed by atoms with E-state index in [-0.39, 0.29) is 6.71 Å². The highest BCUT2D eigenvalue weighted by molar-refractivity contribution is 7.00. The van der Waals surface area contributed by atoms with Crippen LogP contribution in [0.1, 0.15) is 54.7 Å². The Hall–Kier alpha value is -6.00. The van der Waals surface area contributed by atoms with Crippen LogP contribution in [-0.4, -0.2) is 15.8 Å². The summed E-state index contributed by atoms with van der Waals surface area (Å²) in [5.74, 6) is 0.572. The minimum absolute atomic E-state index is 0.133. The lowest BCUT2D eigenvalue weighted by atomic mass is 9.33. The van der Waals surface area contributed by atoms with Gasteiger partial charge in [-0.2, -0.15) is 0 Å². The molecule has 1 fully saturated rings. The van der Waals surface area contributed by atoms with E-state index >= 15 is 0 Å². The zero-order valence-corrected chi connectivity index (χ0v) is 30.8. The molecular weight excluding hydrogens is 653 g/mol. The van der Waals surface area contributed by atoms with Crippen LogP contribution < -0.4 is 21.3 Å². The number of hydrogen-bond acceptors (Lipinski definition) is 1. The number of hydrogen-bond donors (Lipinski definition) is 0. The molecule has 0 amide bonds. The zero-order valence-electron chi connectivity index (χ0n) is 30.8. The molecule has 0 bridgehead atoms. The van der Waals surface area contributed by atoms with Gasteiger partial charge in [-0.1, -0.05) is 109 Å². The zero-order chi connectivity index (χ0) is 35.7. The fourth-order valence-electron chi connectivity index (χ4n) is 10.7. The number of rotatable bonds is 3. The second-order valence-electron chi connectivity index (χ2n) is 16.1. The summed E-state index contributed by atoms with van der Waals surface area (Å²) < 4.78 is 5.13. The summed E-state index contributed by atoms with van der Waals surface area (Å²) in [6, 6.07) is 53.3. The van der Waals surface area contributed by atoms with Crippen molar-refractivity contribution in [2.24, 2.45) is 0 Å². The standard InChI is InChI=1S/C50H40BN3/c1-31-20-23-36(24-21-31)53-42-25-22-32(2)28-40(42)51-39-18-11-17-38-48-44(54(50(38)39)46-30-34(29-45(53)49(46)51)33-12-5-3-6-13-33)27-26-43-47(48)37-16-9-10-19-41(37)52(43)35-14-7-4-8-15-35/h4,7-11,14-30,33H,3,5-6,12-13H2,1-2H3. The molecule has 0 atom stereocenters. The average molecular weight is 694 g/mol. The topological polar surface area (TPSA) is 13.1 Å². The van der Waals surface area contributed by atoms with Crippen molar-refractivity contribution in [1.29, 1.82) is 0 Å². The first-order valence-electron chi connectivity index (χ1n) is 19.8. The summed E-state index contributed by atoms with van der Waals surface area (Å²) in [6.07, 6.45) is 6.50. The van der Waals surface area contributed by atoms with E-state index in [1.54, 1.807) is 0 Å². The predicted octanol–water partition coefficient (Wildman–Crippen LogP) is 11.2. The maximum atomic E-state index is 2.67. The maximum Gasteiger partial charge on any atom is 0.252 e. The normalized spacial score (nSPS) is 15.1. The maximum absolute atomic E-state index is 2.67. The van der Waals surface area contributed by atoms with Crippen LogP contribution in [0.5, 0.6) is 0 Å². The van der Waals surface area contributed by atoms with Crippen molar-refractivity contribution in [2.45, 2.75) is 51.9 Å². The third-order valence-corrected chi connectivity index (χ3v) is 13.0. The smallest absolute Gasteiger partial charge is 0.252 e. The number of benzene rings is 7. The van der Waals surface area contributed by atoms with Crippen LogP contribution in [0.15, 0.2) is 140 Å². The molecule has 4 heterocycles. The minimum Gasteiger partial charge on any atom is -0.311 e. The summed E-state index contributed by atoms with van der Waals surface area (Å²) in [6.45, 7) is 4.57. The molecule has 1 saturated carbocycles. The fraction of sp³-hybridized carbons (Fsp3) is 0.160. The first-order valence-corrected chi connectivity index (χ1v) is 19.8. The third-order valence-electron chi connectivity index (χ3n) is 13.0. The van der Waals surface area contributed by atoms with Gasteiger partial charge in [0.15, 0.2) is 0 Å². The van der Waals surface area contributed by atoms with Crippen molar-refractivity contribution >= 4 is 83.8 Å². The number of fused-ring (bicyclic) bond motifs is 11. The Morgan fingerprint density at radius 2 is 1.20 bits per heavy atom. The van der Waals surface area contributed by atoms with Crippen molar-refractivity contribution in [3.05, 3.63) is 156 Å². The predicted molar refractivity (Wildman–Crippen MR) is 230 cm³/mol. The van der Waals surface area contributed by atoms with E-state index in [1.807, 2.05) is 0 Å². The van der Waals surface area contributed by atoms with Crippen LogP contribution in [0.4, 0.5) is 17.1 Å². The van der Waals surface area contributed by atoms with Gasteiger partial charge >= 0.3 is 0 Å². The lowest BCUT2D eigenvalue weighted by Crippen LogP contribution is -2.60. The van der Waals surface area contributed by atoms with E-state index < -0.39 is 0 Å². The molecule has 3 aliphatic rings. The third kappa shape index (κ3) is 4.09. The Kier molecular flexibility index (Phi) is 6.35. The molecule has 0 N–H and O–H groups in total. The van der Waals surface area contributed by atoms with Crippen LogP contribution in [0, 0.1) is 13.8 Å². The van der Waals surface area contributed by atoms with Gasteiger partial charge < -0.3 is 14.0 Å². The SMILES string of the molecule is Cc1ccc(N2c3ccc(C)cc3B3c4c2cc(C2CCCCC2)cc4-n2c4ccc5c(c6ccccc6n5-c5ccccc5)c4c4cccc3c42)cc1. The molecule has 4 heteroatoms. The Bertz CT molecular complexity index is 3000. The number of para-hydroxylation sites is 3. The lowest BCUT2D eigenvalue weighted by Gasteiger charge is -2.41. The Labute approximate surface area is 316 Å². The number of aromatic nitrogens is 2. The van der Waals surface area contributed by atoms with Crippen LogP contribution in [0.25, 0.3) is 55.0 Å². The molecule has 258 valence electrons. The van der Waals surface area contributed by atoms with Gasteiger partial charge in [0.25, 0.3) is 6.71 Å². The fourth-order valence-corrected chi connectivity index (χ4v) is 10.7. The van der Waals surface area contributed by atoms with Gasteiger partial charge in [-0.15, -0.1) is 0 Å². The van der Waals surface area contributed by atoms with Crippen molar-refractivity contribution in [1.82, 2.24) is 9.13 Å². The van der Waals surface area contributed by atoms with Gasteiger partial charge in [-0.3, -0.25) is 0 Å². The summed E-state index contributed by atoms with van der Waals surface area (Å²) in [5, 5.41) is 5.33. The van der Waals surface area contributed by atoms with Crippen molar-refractivity contribution in [3.63, 3.8) is 0 Å². The Morgan fingerprint density at radius 1 is 0.500 bits per heavy atom. The summed E-state index contributed by atoms with van der Waals surface area (Å²) in [7, 11) is 0. The molecule has 0 saturated heterocycles. The van der Waals surface area contributed by atoms with Gasteiger partial charge in [-0.05, 0) is 115 Å². The van der Waals surface area contributed by atoms with Crippen molar-refractivity contribution in [3.8, 4) is 11.4 Å². The van der Waals surface area contributed by atoms with E-state index in [9.17, 15) is 0 Å². The van der Waals surface area contributed by atoms with Gasteiger partial charge in [0.1, 0.15) is 0 Å². The van der Waals surface area contributed by atoms with E-state index in [2.05, 4.69) is 167 Å². The first-order chi connectivity index (χ1) is 26.6. The monoisotopic (exact) mass is 693 g/mol. The van der Waals surface area contributed by atoms with E-state index in [0.717, 1.165) is 0 Å². The van der Waals surface area contributed by atoms with Gasteiger partial charge in [0.05, 0.1) is 16.6 Å². The lowest BCUT2D eigenvalue weighted by molar-refractivity contribution is 0.443. The largest absolute Gasteiger partial charge is 0.311 e. The summed E-state index contributed by atoms with van der Waals surface area (Å²) in [4.78, 5) is 2.58. The number of nitrogens with zero attached hydrogens (tertiary/aromatic N) is 3. The molecule has 0 radical (unpaired) electrons. The molecule has 0 unspecified atom stereocenters. The van der Waals surface area contributed by atoms with Crippen LogP contribution in [-0.2, 0) is 0 Å².